The number of nitrogens with two attached hydrogens (primary N) is 1. The highest BCUT2D eigenvalue weighted by Crippen LogP contribution is 2.27. The summed E-state index contributed by atoms with van der Waals surface area (Å²) in [5, 5.41) is 1.01. The number of hydrogen-bond donors (Lipinski definition) is 1. The Labute approximate surface area is 110 Å². The van der Waals surface area contributed by atoms with Crippen LogP contribution >= 0.6 is 0 Å². The minimum absolute atomic E-state index is 0.289. The van der Waals surface area contributed by atoms with Crippen LogP contribution in [0.1, 0.15) is 17.2 Å². The Morgan fingerprint density at radius 3 is 2.47 bits per heavy atom. The topological polar surface area (TPSA) is 38.9 Å². The zero-order valence-electron chi connectivity index (χ0n) is 10.3. The lowest BCUT2D eigenvalue weighted by molar-refractivity contribution is 0.600. The van der Waals surface area contributed by atoms with Crippen LogP contribution in [0, 0.1) is 5.82 Å². The average molecular weight is 252 g/mol. The fourth-order valence-corrected chi connectivity index (χ4v) is 2.27. The molecular formula is C16H13FN2. The number of fused-ring (bicyclic) bond motifs is 1. The van der Waals surface area contributed by atoms with E-state index in [0.29, 0.717) is 5.56 Å². The van der Waals surface area contributed by atoms with E-state index >= 15 is 0 Å². The Morgan fingerprint density at radius 1 is 0.895 bits per heavy atom. The molecule has 3 aromatic rings. The van der Waals surface area contributed by atoms with Gasteiger partial charge in [-0.15, -0.1) is 0 Å². The van der Waals surface area contributed by atoms with Gasteiger partial charge in [0.2, 0.25) is 0 Å². The van der Waals surface area contributed by atoms with E-state index in [1.807, 2.05) is 30.3 Å². The lowest BCUT2D eigenvalue weighted by Crippen LogP contribution is -2.14. The first-order valence-corrected chi connectivity index (χ1v) is 6.11. The molecule has 1 aromatic heterocycles. The Morgan fingerprint density at radius 2 is 1.63 bits per heavy atom. The van der Waals surface area contributed by atoms with Crippen LogP contribution in [0.25, 0.3) is 10.9 Å². The van der Waals surface area contributed by atoms with E-state index in [-0.39, 0.29) is 5.82 Å². The van der Waals surface area contributed by atoms with Crippen LogP contribution in [0.3, 0.4) is 0 Å². The first kappa shape index (κ1) is 11.8. The smallest absolute Gasteiger partial charge is 0.128 e. The third-order valence-electron chi connectivity index (χ3n) is 3.24. The van der Waals surface area contributed by atoms with E-state index < -0.39 is 6.04 Å². The minimum atomic E-state index is -0.514. The van der Waals surface area contributed by atoms with Gasteiger partial charge in [-0.2, -0.15) is 0 Å². The van der Waals surface area contributed by atoms with Crippen LogP contribution in [0.15, 0.2) is 60.8 Å². The third-order valence-corrected chi connectivity index (χ3v) is 3.24. The highest BCUT2D eigenvalue weighted by Gasteiger charge is 2.15. The molecule has 3 rings (SSSR count). The van der Waals surface area contributed by atoms with Gasteiger partial charge < -0.3 is 5.73 Å². The van der Waals surface area contributed by atoms with Crippen molar-refractivity contribution in [2.75, 3.05) is 0 Å². The number of para-hydroxylation sites is 1. The summed E-state index contributed by atoms with van der Waals surface area (Å²) >= 11 is 0. The Kier molecular flexibility index (Phi) is 2.97. The van der Waals surface area contributed by atoms with E-state index in [0.717, 1.165) is 16.5 Å². The summed E-state index contributed by atoms with van der Waals surface area (Å²) in [6.45, 7) is 0. The number of aromatic nitrogens is 1. The molecule has 0 amide bonds. The molecular weight excluding hydrogens is 239 g/mol. The lowest BCUT2D eigenvalue weighted by Gasteiger charge is -2.15. The molecule has 0 radical (unpaired) electrons. The first-order chi connectivity index (χ1) is 9.27. The van der Waals surface area contributed by atoms with Crippen molar-refractivity contribution in [3.8, 4) is 0 Å². The van der Waals surface area contributed by atoms with Gasteiger partial charge >= 0.3 is 0 Å². The lowest BCUT2D eigenvalue weighted by atomic mass is 9.97. The molecule has 0 aliphatic heterocycles. The van der Waals surface area contributed by atoms with Crippen molar-refractivity contribution in [3.05, 3.63) is 77.7 Å². The first-order valence-electron chi connectivity index (χ1n) is 6.11. The fraction of sp³-hybridized carbons (Fsp3) is 0.0625. The molecule has 1 heterocycles. The van der Waals surface area contributed by atoms with Crippen LogP contribution in [0.2, 0.25) is 0 Å². The monoisotopic (exact) mass is 252 g/mol. The Balaban J connectivity index is 2.17. The summed E-state index contributed by atoms with van der Waals surface area (Å²) in [5.41, 5.74) is 8.35. The molecule has 2 N–H and O–H groups in total. The molecule has 0 saturated heterocycles. The van der Waals surface area contributed by atoms with Gasteiger partial charge in [0.15, 0.2) is 0 Å². The average Bonchev–Trinajstić information content (AvgIpc) is 2.46. The van der Waals surface area contributed by atoms with Gasteiger partial charge in [0.1, 0.15) is 5.82 Å². The summed E-state index contributed by atoms with van der Waals surface area (Å²) in [5.74, 6) is -0.289. The van der Waals surface area contributed by atoms with Crippen LogP contribution in [-0.4, -0.2) is 4.98 Å². The minimum Gasteiger partial charge on any atom is -0.320 e. The highest BCUT2D eigenvalue weighted by molar-refractivity contribution is 5.82. The summed E-state index contributed by atoms with van der Waals surface area (Å²) in [6, 6.07) is 15.7. The normalized spacial score (nSPS) is 12.5. The van der Waals surface area contributed by atoms with Crippen LogP contribution in [-0.2, 0) is 0 Å². The molecule has 1 atom stereocenters. The van der Waals surface area contributed by atoms with Gasteiger partial charge in [-0.1, -0.05) is 42.5 Å². The molecule has 0 saturated carbocycles. The number of pyridine rings is 1. The zero-order chi connectivity index (χ0) is 13.2. The second-order valence-corrected chi connectivity index (χ2v) is 4.42. The Hall–Kier alpha value is -2.26. The maximum atomic E-state index is 13.8. The van der Waals surface area contributed by atoms with E-state index in [1.165, 1.54) is 6.07 Å². The molecule has 0 aliphatic carbocycles. The van der Waals surface area contributed by atoms with Crippen molar-refractivity contribution in [1.29, 1.82) is 0 Å². The predicted octanol–water partition coefficient (Wildman–Crippen LogP) is 3.42. The SMILES string of the molecule is NC(c1ccccc1F)c1cccc2cccnc12. The molecule has 0 spiro atoms. The largest absolute Gasteiger partial charge is 0.320 e. The highest BCUT2D eigenvalue weighted by atomic mass is 19.1. The van der Waals surface area contributed by atoms with Crippen LogP contribution in [0.4, 0.5) is 4.39 Å². The molecule has 19 heavy (non-hydrogen) atoms. The number of benzene rings is 2. The van der Waals surface area contributed by atoms with E-state index in [1.54, 1.807) is 24.4 Å². The van der Waals surface area contributed by atoms with Gasteiger partial charge in [-0.25, -0.2) is 4.39 Å². The van der Waals surface area contributed by atoms with Crippen LogP contribution < -0.4 is 5.73 Å². The molecule has 0 aliphatic rings. The van der Waals surface area contributed by atoms with Gasteiger partial charge in [-0.05, 0) is 17.7 Å². The van der Waals surface area contributed by atoms with E-state index in [9.17, 15) is 4.39 Å². The van der Waals surface area contributed by atoms with Crippen molar-refractivity contribution in [1.82, 2.24) is 4.98 Å². The number of hydrogen-bond acceptors (Lipinski definition) is 2. The molecule has 2 nitrogen and oxygen atoms in total. The summed E-state index contributed by atoms with van der Waals surface area (Å²) in [4.78, 5) is 4.35. The van der Waals surface area contributed by atoms with Crippen molar-refractivity contribution < 1.29 is 4.39 Å². The van der Waals surface area contributed by atoms with Crippen molar-refractivity contribution in [3.63, 3.8) is 0 Å². The molecule has 2 aromatic carbocycles. The van der Waals surface area contributed by atoms with E-state index in [2.05, 4.69) is 4.98 Å². The van der Waals surface area contributed by atoms with Gasteiger partial charge in [-0.3, -0.25) is 4.98 Å². The molecule has 3 heteroatoms. The van der Waals surface area contributed by atoms with Crippen LogP contribution in [0.5, 0.6) is 0 Å². The third kappa shape index (κ3) is 2.09. The number of halogens is 1. The number of rotatable bonds is 2. The summed E-state index contributed by atoms with van der Waals surface area (Å²) in [7, 11) is 0. The molecule has 94 valence electrons. The second kappa shape index (κ2) is 4.78. The van der Waals surface area contributed by atoms with Crippen molar-refractivity contribution >= 4 is 10.9 Å². The second-order valence-electron chi connectivity index (χ2n) is 4.42. The molecule has 0 fully saturated rings. The standard InChI is InChI=1S/C16H13FN2/c17-14-9-2-1-7-12(14)15(18)13-8-3-5-11-6-4-10-19-16(11)13/h1-10,15H,18H2. The van der Waals surface area contributed by atoms with Crippen molar-refractivity contribution in [2.45, 2.75) is 6.04 Å². The van der Waals surface area contributed by atoms with Gasteiger partial charge in [0.25, 0.3) is 0 Å². The maximum absolute atomic E-state index is 13.8. The summed E-state index contributed by atoms with van der Waals surface area (Å²) < 4.78 is 13.8. The number of nitrogens with zero attached hydrogens (tertiary/aromatic N) is 1. The predicted molar refractivity (Wildman–Crippen MR) is 74.2 cm³/mol. The fourth-order valence-electron chi connectivity index (χ4n) is 2.27. The zero-order valence-corrected chi connectivity index (χ0v) is 10.3. The molecule has 1 unspecified atom stereocenters. The summed E-state index contributed by atoms with van der Waals surface area (Å²) in [6.07, 6.45) is 1.72. The Bertz CT molecular complexity index is 719. The van der Waals surface area contributed by atoms with Crippen molar-refractivity contribution in [2.24, 2.45) is 5.73 Å². The van der Waals surface area contributed by atoms with E-state index in [4.69, 9.17) is 5.73 Å². The van der Waals surface area contributed by atoms with Gasteiger partial charge in [0, 0.05) is 17.1 Å². The molecule has 0 bridgehead atoms. The van der Waals surface area contributed by atoms with Gasteiger partial charge in [0.05, 0.1) is 11.6 Å². The maximum Gasteiger partial charge on any atom is 0.128 e. The quantitative estimate of drug-likeness (QED) is 0.759.